The zero-order valence-electron chi connectivity index (χ0n) is 12.4. The predicted octanol–water partition coefficient (Wildman–Crippen LogP) is 5.28. The molecule has 0 amide bonds. The molecule has 0 fully saturated rings. The van der Waals surface area contributed by atoms with Crippen molar-refractivity contribution in [1.82, 2.24) is 4.98 Å². The van der Waals surface area contributed by atoms with Crippen molar-refractivity contribution in [2.75, 3.05) is 5.73 Å². The van der Waals surface area contributed by atoms with E-state index in [2.05, 4.69) is 23.2 Å². The second-order valence-corrected chi connectivity index (χ2v) is 6.05. The molecular weight excluding hydrogens is 331 g/mol. The maximum atomic E-state index is 6.16. The first-order valence-corrected chi connectivity index (χ1v) is 8.09. The van der Waals surface area contributed by atoms with Gasteiger partial charge in [-0.25, -0.2) is 4.98 Å². The molecule has 0 aliphatic heterocycles. The van der Waals surface area contributed by atoms with Crippen molar-refractivity contribution in [3.05, 3.63) is 69.9 Å². The molecule has 3 nitrogen and oxygen atoms in total. The number of nitrogens with two attached hydrogens (primary N) is 1. The number of nitrogen functional groups attached to an aromatic ring is 1. The number of anilines is 1. The molecule has 3 rings (SSSR count). The first-order valence-electron chi connectivity index (χ1n) is 7.33. The Hall–Kier alpha value is -1.97. The van der Waals surface area contributed by atoms with E-state index >= 15 is 0 Å². The van der Waals surface area contributed by atoms with E-state index in [1.165, 1.54) is 0 Å². The van der Waals surface area contributed by atoms with Gasteiger partial charge in [0.05, 0.1) is 0 Å². The third-order valence-corrected chi connectivity index (χ3v) is 4.35. The molecule has 23 heavy (non-hydrogen) atoms. The highest BCUT2D eigenvalue weighted by atomic mass is 35.5. The molecule has 0 bridgehead atoms. The van der Waals surface area contributed by atoms with E-state index in [1.807, 2.05) is 6.07 Å². The third-order valence-electron chi connectivity index (χ3n) is 3.64. The summed E-state index contributed by atoms with van der Waals surface area (Å²) in [5.74, 6) is 0.871. The lowest BCUT2D eigenvalue weighted by Gasteiger charge is -2.13. The van der Waals surface area contributed by atoms with Gasteiger partial charge in [-0.1, -0.05) is 47.5 Å². The van der Waals surface area contributed by atoms with Gasteiger partial charge in [0, 0.05) is 27.4 Å². The molecule has 2 N–H and O–H groups in total. The summed E-state index contributed by atoms with van der Waals surface area (Å²) < 4.78 is 5.81. The molecule has 1 heterocycles. The molecule has 1 aromatic heterocycles. The van der Waals surface area contributed by atoms with Crippen molar-refractivity contribution in [2.24, 2.45) is 0 Å². The highest BCUT2D eigenvalue weighted by Gasteiger charge is 2.10. The van der Waals surface area contributed by atoms with Crippen molar-refractivity contribution in [3.8, 4) is 5.75 Å². The Bertz CT molecular complexity index is 764. The average Bonchev–Trinajstić information content (AvgIpc) is 2.57. The van der Waals surface area contributed by atoms with Crippen molar-refractivity contribution >= 4 is 34.6 Å². The summed E-state index contributed by atoms with van der Waals surface area (Å²) in [5, 5.41) is 1.14. The van der Waals surface area contributed by atoms with E-state index < -0.39 is 0 Å². The number of hydrogen-bond acceptors (Lipinski definition) is 3. The number of allylic oxidation sites excluding steroid dienone is 4. The van der Waals surface area contributed by atoms with Gasteiger partial charge in [-0.3, -0.25) is 0 Å². The normalized spacial score (nSPS) is 13.7. The summed E-state index contributed by atoms with van der Waals surface area (Å²) in [5.41, 5.74) is 8.76. The van der Waals surface area contributed by atoms with Crippen LogP contribution in [0.4, 0.5) is 5.82 Å². The lowest BCUT2D eigenvalue weighted by Crippen LogP contribution is -2.02. The fourth-order valence-electron chi connectivity index (χ4n) is 2.38. The van der Waals surface area contributed by atoms with Gasteiger partial charge in [0.15, 0.2) is 11.6 Å². The van der Waals surface area contributed by atoms with Gasteiger partial charge < -0.3 is 10.5 Å². The van der Waals surface area contributed by atoms with Crippen LogP contribution >= 0.6 is 23.2 Å². The number of nitrogens with zero attached hydrogens (tertiary/aromatic N) is 1. The molecule has 0 spiro atoms. The van der Waals surface area contributed by atoms with Crippen LogP contribution in [-0.4, -0.2) is 4.98 Å². The molecule has 0 atom stereocenters. The Morgan fingerprint density at radius 1 is 1.17 bits per heavy atom. The molecular formula is C18H16Cl2N2O. The van der Waals surface area contributed by atoms with Gasteiger partial charge in [-0.05, 0) is 36.6 Å². The zero-order chi connectivity index (χ0) is 16.2. The Labute approximate surface area is 145 Å². The highest BCUT2D eigenvalue weighted by Crippen LogP contribution is 2.30. The van der Waals surface area contributed by atoms with E-state index in [0.717, 1.165) is 29.5 Å². The molecule has 5 heteroatoms. The maximum absolute atomic E-state index is 6.16. The Morgan fingerprint density at radius 3 is 2.65 bits per heavy atom. The number of aromatic nitrogens is 1. The Morgan fingerprint density at radius 2 is 1.96 bits per heavy atom. The molecule has 1 aliphatic carbocycles. The minimum atomic E-state index is 0.239. The summed E-state index contributed by atoms with van der Waals surface area (Å²) in [4.78, 5) is 4.22. The number of pyridine rings is 1. The van der Waals surface area contributed by atoms with Gasteiger partial charge in [0.25, 0.3) is 0 Å². The second kappa shape index (κ2) is 7.07. The quantitative estimate of drug-likeness (QED) is 0.818. The Balaban J connectivity index is 1.82. The molecule has 1 aromatic carbocycles. The van der Waals surface area contributed by atoms with Crippen LogP contribution in [0.25, 0.3) is 5.57 Å². The molecule has 1 aliphatic rings. The molecule has 118 valence electrons. The highest BCUT2D eigenvalue weighted by molar-refractivity contribution is 6.35. The summed E-state index contributed by atoms with van der Waals surface area (Å²) in [7, 11) is 0. The van der Waals surface area contributed by atoms with Crippen molar-refractivity contribution < 1.29 is 4.74 Å². The monoisotopic (exact) mass is 346 g/mol. The minimum absolute atomic E-state index is 0.239. The SMILES string of the molecule is Nc1ncc(C2=CCCC=C2)cc1OCc1c(Cl)cccc1Cl. The van der Waals surface area contributed by atoms with Crippen LogP contribution < -0.4 is 10.5 Å². The van der Waals surface area contributed by atoms with Crippen LogP contribution in [0.15, 0.2) is 48.7 Å². The second-order valence-electron chi connectivity index (χ2n) is 5.24. The van der Waals surface area contributed by atoms with Crippen LogP contribution in [0.3, 0.4) is 0 Å². The lowest BCUT2D eigenvalue weighted by molar-refractivity contribution is 0.307. The standard InChI is InChI=1S/C18H16Cl2N2O/c19-15-7-4-8-16(20)14(15)11-23-17-9-13(10-22-18(17)21)12-5-2-1-3-6-12/h2,4-10H,1,3,11H2,(H2,21,22). The molecule has 0 unspecified atom stereocenters. The fourth-order valence-corrected chi connectivity index (χ4v) is 2.88. The maximum Gasteiger partial charge on any atom is 0.166 e. The third kappa shape index (κ3) is 3.69. The summed E-state index contributed by atoms with van der Waals surface area (Å²) in [6, 6.07) is 7.25. The van der Waals surface area contributed by atoms with Crippen LogP contribution in [0.5, 0.6) is 5.75 Å². The average molecular weight is 347 g/mol. The van der Waals surface area contributed by atoms with Crippen LogP contribution in [0, 0.1) is 0 Å². The topological polar surface area (TPSA) is 48.1 Å². The van der Waals surface area contributed by atoms with Crippen LogP contribution in [-0.2, 0) is 6.61 Å². The van der Waals surface area contributed by atoms with Gasteiger partial charge in [0.2, 0.25) is 0 Å². The summed E-state index contributed by atoms with van der Waals surface area (Å²) in [6.07, 6.45) is 10.3. The van der Waals surface area contributed by atoms with Gasteiger partial charge in [-0.15, -0.1) is 0 Å². The fraction of sp³-hybridized carbons (Fsp3) is 0.167. The van der Waals surface area contributed by atoms with Crippen LogP contribution in [0.1, 0.15) is 24.0 Å². The number of benzene rings is 1. The van der Waals surface area contributed by atoms with Crippen molar-refractivity contribution in [2.45, 2.75) is 19.4 Å². The number of rotatable bonds is 4. The number of ether oxygens (including phenoxy) is 1. The zero-order valence-corrected chi connectivity index (χ0v) is 13.9. The summed E-state index contributed by atoms with van der Waals surface area (Å²) >= 11 is 12.3. The number of hydrogen-bond donors (Lipinski definition) is 1. The summed E-state index contributed by atoms with van der Waals surface area (Å²) in [6.45, 7) is 0.239. The van der Waals surface area contributed by atoms with Gasteiger partial charge >= 0.3 is 0 Å². The Kier molecular flexibility index (Phi) is 4.89. The van der Waals surface area contributed by atoms with E-state index in [-0.39, 0.29) is 6.61 Å². The first-order chi connectivity index (χ1) is 11.1. The first kappa shape index (κ1) is 15.9. The van der Waals surface area contributed by atoms with Gasteiger partial charge in [0.1, 0.15) is 6.61 Å². The van der Waals surface area contributed by atoms with Crippen molar-refractivity contribution in [1.29, 1.82) is 0 Å². The molecule has 0 saturated carbocycles. The van der Waals surface area contributed by atoms with E-state index in [4.69, 9.17) is 33.7 Å². The molecule has 2 aromatic rings. The predicted molar refractivity (Wildman–Crippen MR) is 95.8 cm³/mol. The smallest absolute Gasteiger partial charge is 0.166 e. The van der Waals surface area contributed by atoms with E-state index in [0.29, 0.717) is 21.6 Å². The lowest BCUT2D eigenvalue weighted by atomic mass is 10.0. The largest absolute Gasteiger partial charge is 0.485 e. The molecule has 0 saturated heterocycles. The minimum Gasteiger partial charge on any atom is -0.485 e. The molecule has 0 radical (unpaired) electrons. The van der Waals surface area contributed by atoms with Crippen LogP contribution in [0.2, 0.25) is 10.0 Å². The van der Waals surface area contributed by atoms with E-state index in [1.54, 1.807) is 24.4 Å². The number of halogens is 2. The van der Waals surface area contributed by atoms with Crippen molar-refractivity contribution in [3.63, 3.8) is 0 Å². The van der Waals surface area contributed by atoms with Gasteiger partial charge in [-0.2, -0.15) is 0 Å². The van der Waals surface area contributed by atoms with E-state index in [9.17, 15) is 0 Å².